The summed E-state index contributed by atoms with van der Waals surface area (Å²) in [6, 6.07) is 16.1. The van der Waals surface area contributed by atoms with E-state index in [0.717, 1.165) is 20.2 Å². The molecule has 18 heavy (non-hydrogen) atoms. The molecule has 0 amide bonds. The van der Waals surface area contributed by atoms with Crippen molar-refractivity contribution >= 4 is 34.1 Å². The molecule has 3 aromatic rings. The molecule has 0 spiro atoms. The lowest BCUT2D eigenvalue weighted by atomic mass is 10.2. The minimum absolute atomic E-state index is 0.774. The van der Waals surface area contributed by atoms with Gasteiger partial charge in [-0.15, -0.1) is 0 Å². The molecule has 0 unspecified atom stereocenters. The van der Waals surface area contributed by atoms with Crippen molar-refractivity contribution in [3.05, 3.63) is 65.9 Å². The van der Waals surface area contributed by atoms with Crippen molar-refractivity contribution in [2.24, 2.45) is 0 Å². The number of fused-ring (bicyclic) bond motifs is 1. The quantitative estimate of drug-likeness (QED) is 0.648. The Kier molecular flexibility index (Phi) is 3.22. The first-order valence-corrected chi connectivity index (χ1v) is 6.79. The van der Waals surface area contributed by atoms with E-state index in [-0.39, 0.29) is 0 Å². The van der Waals surface area contributed by atoms with E-state index in [4.69, 9.17) is 11.6 Å². The van der Waals surface area contributed by atoms with Crippen molar-refractivity contribution in [1.82, 2.24) is 4.98 Å². The average molecular weight is 272 g/mol. The maximum Gasteiger partial charge on any atom is 0.0545 e. The molecule has 0 aliphatic heterocycles. The number of aromatic nitrogens is 1. The van der Waals surface area contributed by atoms with Gasteiger partial charge in [0, 0.05) is 27.6 Å². The fraction of sp³-hybridized carbons (Fsp3) is 0. The van der Waals surface area contributed by atoms with Crippen LogP contribution < -0.4 is 0 Å². The van der Waals surface area contributed by atoms with E-state index < -0.39 is 0 Å². The van der Waals surface area contributed by atoms with E-state index in [2.05, 4.69) is 17.1 Å². The van der Waals surface area contributed by atoms with Gasteiger partial charge in [-0.25, -0.2) is 0 Å². The van der Waals surface area contributed by atoms with Crippen LogP contribution in [0.5, 0.6) is 0 Å². The smallest absolute Gasteiger partial charge is 0.0545 e. The van der Waals surface area contributed by atoms with Gasteiger partial charge in [0.2, 0.25) is 0 Å². The molecule has 88 valence electrons. The highest BCUT2D eigenvalue weighted by Crippen LogP contribution is 2.36. The molecule has 0 fully saturated rings. The van der Waals surface area contributed by atoms with Crippen molar-refractivity contribution in [1.29, 1.82) is 0 Å². The Morgan fingerprint density at radius 3 is 2.50 bits per heavy atom. The molecule has 0 atom stereocenters. The number of pyridine rings is 1. The van der Waals surface area contributed by atoms with Crippen LogP contribution in [0.1, 0.15) is 0 Å². The Labute approximate surface area is 115 Å². The summed E-state index contributed by atoms with van der Waals surface area (Å²) < 4.78 is 0. The minimum atomic E-state index is 0.774. The summed E-state index contributed by atoms with van der Waals surface area (Å²) in [7, 11) is 0. The molecule has 0 aliphatic carbocycles. The van der Waals surface area contributed by atoms with Gasteiger partial charge in [-0.3, -0.25) is 4.98 Å². The van der Waals surface area contributed by atoms with Crippen molar-refractivity contribution in [2.45, 2.75) is 9.79 Å². The molecule has 0 bridgehead atoms. The summed E-state index contributed by atoms with van der Waals surface area (Å²) in [5, 5.41) is 3.13. The third-order valence-corrected chi connectivity index (χ3v) is 4.25. The second-order valence-corrected chi connectivity index (χ2v) is 5.38. The van der Waals surface area contributed by atoms with Gasteiger partial charge in [0.15, 0.2) is 0 Å². The van der Waals surface area contributed by atoms with Gasteiger partial charge in [-0.1, -0.05) is 59.8 Å². The maximum absolute atomic E-state index is 6.18. The highest BCUT2D eigenvalue weighted by atomic mass is 35.5. The summed E-state index contributed by atoms with van der Waals surface area (Å²) in [6.07, 6.45) is 3.77. The van der Waals surface area contributed by atoms with Crippen LogP contribution >= 0.6 is 23.4 Å². The predicted molar refractivity (Wildman–Crippen MR) is 77.3 cm³/mol. The van der Waals surface area contributed by atoms with E-state index in [1.807, 2.05) is 48.8 Å². The maximum atomic E-state index is 6.18. The molecule has 0 N–H and O–H groups in total. The molecular weight excluding hydrogens is 262 g/mol. The van der Waals surface area contributed by atoms with Gasteiger partial charge < -0.3 is 0 Å². The fourth-order valence-electron chi connectivity index (χ4n) is 1.82. The van der Waals surface area contributed by atoms with Crippen LogP contribution in [0.15, 0.2) is 70.7 Å². The first-order valence-electron chi connectivity index (χ1n) is 5.60. The molecule has 0 saturated carbocycles. The number of hydrogen-bond acceptors (Lipinski definition) is 2. The molecular formula is C15H10ClNS. The number of halogens is 1. The highest BCUT2D eigenvalue weighted by Gasteiger charge is 2.05. The zero-order chi connectivity index (χ0) is 12.4. The number of hydrogen-bond donors (Lipinski definition) is 0. The van der Waals surface area contributed by atoms with Crippen LogP contribution in [-0.4, -0.2) is 4.98 Å². The third kappa shape index (κ3) is 2.22. The van der Waals surface area contributed by atoms with Crippen LogP contribution in [0, 0.1) is 0 Å². The van der Waals surface area contributed by atoms with Crippen molar-refractivity contribution in [2.75, 3.05) is 0 Å². The second-order valence-electron chi connectivity index (χ2n) is 3.89. The normalized spacial score (nSPS) is 10.7. The van der Waals surface area contributed by atoms with Crippen LogP contribution in [0.4, 0.5) is 0 Å². The van der Waals surface area contributed by atoms with Crippen LogP contribution in [0.2, 0.25) is 5.02 Å². The van der Waals surface area contributed by atoms with Crippen molar-refractivity contribution < 1.29 is 0 Å². The van der Waals surface area contributed by atoms with Gasteiger partial charge in [0.25, 0.3) is 0 Å². The molecule has 1 nitrogen and oxygen atoms in total. The summed E-state index contributed by atoms with van der Waals surface area (Å²) in [6.45, 7) is 0. The Morgan fingerprint density at radius 1 is 0.833 bits per heavy atom. The van der Waals surface area contributed by atoms with Crippen LogP contribution in [0.3, 0.4) is 0 Å². The molecule has 0 radical (unpaired) electrons. The summed E-state index contributed by atoms with van der Waals surface area (Å²) in [4.78, 5) is 6.45. The summed E-state index contributed by atoms with van der Waals surface area (Å²) in [5.41, 5.74) is 0. The average Bonchev–Trinajstić information content (AvgIpc) is 2.42. The highest BCUT2D eigenvalue weighted by molar-refractivity contribution is 7.99. The van der Waals surface area contributed by atoms with Gasteiger partial charge in [-0.05, 0) is 17.5 Å². The van der Waals surface area contributed by atoms with E-state index in [1.54, 1.807) is 11.8 Å². The predicted octanol–water partition coefficient (Wildman–Crippen LogP) is 5.04. The Morgan fingerprint density at radius 2 is 1.61 bits per heavy atom. The number of benzene rings is 2. The van der Waals surface area contributed by atoms with Crippen LogP contribution in [0.25, 0.3) is 10.8 Å². The molecule has 2 aromatic carbocycles. The number of rotatable bonds is 2. The van der Waals surface area contributed by atoms with E-state index in [9.17, 15) is 0 Å². The monoisotopic (exact) mass is 271 g/mol. The van der Waals surface area contributed by atoms with Crippen molar-refractivity contribution in [3.8, 4) is 0 Å². The zero-order valence-corrected chi connectivity index (χ0v) is 11.1. The molecule has 3 heteroatoms. The third-order valence-electron chi connectivity index (χ3n) is 2.69. The Bertz CT molecular complexity index is 691. The zero-order valence-electron chi connectivity index (χ0n) is 9.51. The van der Waals surface area contributed by atoms with E-state index in [1.165, 1.54) is 5.39 Å². The van der Waals surface area contributed by atoms with Gasteiger partial charge in [0.1, 0.15) is 0 Å². The first-order chi connectivity index (χ1) is 8.84. The van der Waals surface area contributed by atoms with Gasteiger partial charge in [-0.2, -0.15) is 0 Å². The van der Waals surface area contributed by atoms with Gasteiger partial charge >= 0.3 is 0 Å². The lowest BCUT2D eigenvalue weighted by Crippen LogP contribution is -1.81. The standard InChI is InChI=1S/C15H10ClNS/c16-13-7-3-4-8-14(13)18-15-10-17-9-11-5-1-2-6-12(11)15/h1-10H. The summed E-state index contributed by atoms with van der Waals surface area (Å²) in [5.74, 6) is 0. The minimum Gasteiger partial charge on any atom is -0.263 e. The molecule has 0 saturated heterocycles. The SMILES string of the molecule is Clc1ccccc1Sc1cncc2ccccc12. The topological polar surface area (TPSA) is 12.9 Å². The molecule has 3 rings (SSSR count). The van der Waals surface area contributed by atoms with E-state index >= 15 is 0 Å². The van der Waals surface area contributed by atoms with Gasteiger partial charge in [0.05, 0.1) is 5.02 Å². The Balaban J connectivity index is 2.08. The molecule has 0 aliphatic rings. The summed E-state index contributed by atoms with van der Waals surface area (Å²) >= 11 is 7.83. The van der Waals surface area contributed by atoms with E-state index in [0.29, 0.717) is 0 Å². The fourth-order valence-corrected chi connectivity index (χ4v) is 3.03. The molecule has 1 heterocycles. The Hall–Kier alpha value is -1.51. The van der Waals surface area contributed by atoms with Crippen LogP contribution in [-0.2, 0) is 0 Å². The number of nitrogens with zero attached hydrogens (tertiary/aromatic N) is 1. The lowest BCUT2D eigenvalue weighted by Gasteiger charge is -2.06. The lowest BCUT2D eigenvalue weighted by molar-refractivity contribution is 1.28. The second kappa shape index (κ2) is 5.01. The largest absolute Gasteiger partial charge is 0.263 e. The van der Waals surface area contributed by atoms with Crippen molar-refractivity contribution in [3.63, 3.8) is 0 Å². The first kappa shape index (κ1) is 11.6. The molecule has 1 aromatic heterocycles.